The molecule has 0 aliphatic heterocycles. The molecule has 0 saturated heterocycles. The number of hydrogen-bond acceptors (Lipinski definition) is 3. The maximum absolute atomic E-state index is 14.1. The molecule has 0 atom stereocenters. The summed E-state index contributed by atoms with van der Waals surface area (Å²) in [7, 11) is 1.66. The van der Waals surface area contributed by atoms with Crippen molar-refractivity contribution in [2.45, 2.75) is 13.1 Å². The van der Waals surface area contributed by atoms with Crippen LogP contribution in [0.2, 0.25) is 0 Å². The van der Waals surface area contributed by atoms with Crippen molar-refractivity contribution >= 4 is 0 Å². The van der Waals surface area contributed by atoms with Crippen LogP contribution in [0.3, 0.4) is 0 Å². The number of nitrogens with zero attached hydrogens (tertiary/aromatic N) is 2. The maximum Gasteiger partial charge on any atom is 0.145 e. The first kappa shape index (κ1) is 15.2. The fourth-order valence-electron chi connectivity index (χ4n) is 2.13. The van der Waals surface area contributed by atoms with E-state index in [2.05, 4.69) is 5.32 Å². The minimum atomic E-state index is -0.438. The molecule has 0 spiro atoms. The van der Waals surface area contributed by atoms with Gasteiger partial charge in [-0.25, -0.2) is 4.39 Å². The molecule has 0 aliphatic rings. The van der Waals surface area contributed by atoms with Crippen LogP contribution in [0.1, 0.15) is 16.8 Å². The number of rotatable bonds is 7. The zero-order valence-electron chi connectivity index (χ0n) is 12.0. The van der Waals surface area contributed by atoms with E-state index in [1.165, 1.54) is 6.07 Å². The Morgan fingerprint density at radius 2 is 2.19 bits per heavy atom. The normalized spacial score (nSPS) is 10.5. The Morgan fingerprint density at radius 3 is 2.95 bits per heavy atom. The highest BCUT2D eigenvalue weighted by molar-refractivity contribution is 5.35. The summed E-state index contributed by atoms with van der Waals surface area (Å²) in [5.74, 6) is -0.438. The lowest BCUT2D eigenvalue weighted by Crippen LogP contribution is -2.20. The number of nitriles is 1. The van der Waals surface area contributed by atoms with Crippen molar-refractivity contribution in [3.63, 3.8) is 0 Å². The Morgan fingerprint density at radius 1 is 1.33 bits per heavy atom. The van der Waals surface area contributed by atoms with Gasteiger partial charge in [0.1, 0.15) is 11.9 Å². The molecule has 0 aliphatic carbocycles. The van der Waals surface area contributed by atoms with Gasteiger partial charge in [-0.05, 0) is 18.2 Å². The minimum Gasteiger partial charge on any atom is -0.383 e. The van der Waals surface area contributed by atoms with Crippen LogP contribution < -0.4 is 5.32 Å². The lowest BCUT2D eigenvalue weighted by Gasteiger charge is -2.11. The summed E-state index contributed by atoms with van der Waals surface area (Å²) in [5, 5.41) is 12.1. The molecule has 4 nitrogen and oxygen atoms in total. The van der Waals surface area contributed by atoms with Gasteiger partial charge in [0.05, 0.1) is 18.7 Å². The maximum atomic E-state index is 14.1. The lowest BCUT2D eigenvalue weighted by atomic mass is 10.1. The van der Waals surface area contributed by atoms with Crippen molar-refractivity contribution in [2.24, 2.45) is 0 Å². The van der Waals surface area contributed by atoms with E-state index in [1.54, 1.807) is 19.2 Å². The first-order valence-electron chi connectivity index (χ1n) is 6.77. The number of methoxy groups -OCH3 is 1. The SMILES string of the molecule is COCCNCc1cccn1Cc1cccc(C#N)c1F. The molecule has 21 heavy (non-hydrogen) atoms. The minimum absolute atomic E-state index is 0.0828. The van der Waals surface area contributed by atoms with Gasteiger partial charge in [0.25, 0.3) is 0 Å². The molecule has 0 amide bonds. The second-order valence-electron chi connectivity index (χ2n) is 4.69. The Kier molecular flexibility index (Phi) is 5.50. The van der Waals surface area contributed by atoms with Crippen LogP contribution in [-0.4, -0.2) is 24.8 Å². The Labute approximate surface area is 123 Å². The second kappa shape index (κ2) is 7.58. The number of ether oxygens (including phenoxy) is 1. The van der Waals surface area contributed by atoms with Gasteiger partial charge in [-0.15, -0.1) is 0 Å². The third-order valence-electron chi connectivity index (χ3n) is 3.25. The van der Waals surface area contributed by atoms with Gasteiger partial charge < -0.3 is 14.6 Å². The number of hydrogen-bond donors (Lipinski definition) is 1. The Hall–Kier alpha value is -2.16. The molecule has 5 heteroatoms. The highest BCUT2D eigenvalue weighted by atomic mass is 19.1. The van der Waals surface area contributed by atoms with Crippen molar-refractivity contribution < 1.29 is 9.13 Å². The molecular weight excluding hydrogens is 269 g/mol. The van der Waals surface area contributed by atoms with Gasteiger partial charge in [-0.2, -0.15) is 5.26 Å². The molecule has 110 valence electrons. The highest BCUT2D eigenvalue weighted by Crippen LogP contribution is 2.15. The van der Waals surface area contributed by atoms with Gasteiger partial charge in [0.2, 0.25) is 0 Å². The number of nitrogens with one attached hydrogen (secondary N) is 1. The third-order valence-corrected chi connectivity index (χ3v) is 3.25. The van der Waals surface area contributed by atoms with Gasteiger partial charge in [0.15, 0.2) is 0 Å². The summed E-state index contributed by atoms with van der Waals surface area (Å²) < 4.78 is 21.0. The van der Waals surface area contributed by atoms with E-state index < -0.39 is 5.82 Å². The fourth-order valence-corrected chi connectivity index (χ4v) is 2.13. The summed E-state index contributed by atoms with van der Waals surface area (Å²) in [6.45, 7) is 2.52. The van der Waals surface area contributed by atoms with Crippen LogP contribution in [0.15, 0.2) is 36.5 Å². The average Bonchev–Trinajstić information content (AvgIpc) is 2.93. The van der Waals surface area contributed by atoms with Crippen LogP contribution in [0, 0.1) is 17.1 Å². The quantitative estimate of drug-likeness (QED) is 0.795. The molecule has 1 heterocycles. The van der Waals surface area contributed by atoms with Crippen LogP contribution in [-0.2, 0) is 17.8 Å². The summed E-state index contributed by atoms with van der Waals surface area (Å²) in [6, 6.07) is 10.7. The largest absolute Gasteiger partial charge is 0.383 e. The molecule has 0 fully saturated rings. The van der Waals surface area contributed by atoms with Crippen molar-refractivity contribution in [1.82, 2.24) is 9.88 Å². The molecule has 2 rings (SSSR count). The van der Waals surface area contributed by atoms with Gasteiger partial charge in [-0.1, -0.05) is 12.1 Å². The van der Waals surface area contributed by atoms with Crippen molar-refractivity contribution in [3.8, 4) is 6.07 Å². The van der Waals surface area contributed by atoms with Crippen LogP contribution in [0.5, 0.6) is 0 Å². The third kappa shape index (κ3) is 3.91. The van der Waals surface area contributed by atoms with E-state index in [1.807, 2.05) is 29.0 Å². The zero-order valence-corrected chi connectivity index (χ0v) is 12.0. The van der Waals surface area contributed by atoms with Gasteiger partial charge in [0, 0.05) is 37.7 Å². The van der Waals surface area contributed by atoms with Crippen LogP contribution >= 0.6 is 0 Å². The molecule has 0 bridgehead atoms. The van der Waals surface area contributed by atoms with E-state index >= 15 is 0 Å². The monoisotopic (exact) mass is 287 g/mol. The molecule has 1 N–H and O–H groups in total. The molecule has 0 saturated carbocycles. The van der Waals surface area contributed by atoms with E-state index in [-0.39, 0.29) is 5.56 Å². The Bertz CT molecular complexity index is 631. The smallest absolute Gasteiger partial charge is 0.145 e. The second-order valence-corrected chi connectivity index (χ2v) is 4.69. The summed E-state index contributed by atoms with van der Waals surface area (Å²) in [6.07, 6.45) is 1.91. The lowest BCUT2D eigenvalue weighted by molar-refractivity contribution is 0.199. The topological polar surface area (TPSA) is 50.0 Å². The van der Waals surface area contributed by atoms with E-state index in [4.69, 9.17) is 10.00 Å². The summed E-state index contributed by atoms with van der Waals surface area (Å²) >= 11 is 0. The molecule has 1 aromatic carbocycles. The average molecular weight is 287 g/mol. The predicted octanol–water partition coefficient (Wildman–Crippen LogP) is 2.28. The summed E-state index contributed by atoms with van der Waals surface area (Å²) in [4.78, 5) is 0. The fraction of sp³-hybridized carbons (Fsp3) is 0.312. The molecule has 0 unspecified atom stereocenters. The van der Waals surface area contributed by atoms with E-state index in [0.29, 0.717) is 25.3 Å². The Balaban J connectivity index is 2.07. The standard InChI is InChI=1S/C16H18FN3O/c1-21-9-7-19-11-15-6-3-8-20(15)12-14-5-2-4-13(10-18)16(14)17/h2-6,8,19H,7,9,11-12H2,1H3. The van der Waals surface area contributed by atoms with Crippen LogP contribution in [0.25, 0.3) is 0 Å². The van der Waals surface area contributed by atoms with Gasteiger partial charge in [-0.3, -0.25) is 0 Å². The zero-order chi connectivity index (χ0) is 15.1. The number of aromatic nitrogens is 1. The molecule has 0 radical (unpaired) electrons. The first-order valence-corrected chi connectivity index (χ1v) is 6.77. The highest BCUT2D eigenvalue weighted by Gasteiger charge is 2.09. The van der Waals surface area contributed by atoms with Crippen molar-refractivity contribution in [3.05, 3.63) is 59.2 Å². The number of halogens is 1. The van der Waals surface area contributed by atoms with E-state index in [0.717, 1.165) is 12.2 Å². The van der Waals surface area contributed by atoms with E-state index in [9.17, 15) is 4.39 Å². The summed E-state index contributed by atoms with van der Waals surface area (Å²) in [5.41, 5.74) is 1.66. The van der Waals surface area contributed by atoms with Gasteiger partial charge >= 0.3 is 0 Å². The predicted molar refractivity (Wildman–Crippen MR) is 78.2 cm³/mol. The molecular formula is C16H18FN3O. The molecule has 1 aromatic heterocycles. The van der Waals surface area contributed by atoms with Crippen molar-refractivity contribution in [2.75, 3.05) is 20.3 Å². The van der Waals surface area contributed by atoms with Crippen LogP contribution in [0.4, 0.5) is 4.39 Å². The number of benzene rings is 1. The molecule has 2 aromatic rings. The first-order chi connectivity index (χ1) is 10.3. The van der Waals surface area contributed by atoms with Crippen molar-refractivity contribution in [1.29, 1.82) is 5.26 Å².